The van der Waals surface area contributed by atoms with E-state index in [1.807, 2.05) is 18.0 Å². The fourth-order valence-electron chi connectivity index (χ4n) is 3.55. The predicted octanol–water partition coefficient (Wildman–Crippen LogP) is 5.43. The quantitative estimate of drug-likeness (QED) is 0.519. The van der Waals surface area contributed by atoms with E-state index in [4.69, 9.17) is 16.1 Å². The molecule has 4 rings (SSSR count). The zero-order valence-electron chi connectivity index (χ0n) is 16.4. The van der Waals surface area contributed by atoms with Crippen molar-refractivity contribution in [2.75, 3.05) is 11.6 Å². The number of halogens is 4. The highest BCUT2D eigenvalue weighted by Crippen LogP contribution is 2.39. The number of hydrogen-bond acceptors (Lipinski definition) is 6. The van der Waals surface area contributed by atoms with Gasteiger partial charge in [-0.1, -0.05) is 29.7 Å². The van der Waals surface area contributed by atoms with E-state index in [-0.39, 0.29) is 18.0 Å². The third-order valence-electron chi connectivity index (χ3n) is 4.98. The summed E-state index contributed by atoms with van der Waals surface area (Å²) >= 11 is 6.41. The minimum Gasteiger partial charge on any atom is -0.334 e. The number of alkyl halides is 3. The van der Waals surface area contributed by atoms with Crippen LogP contribution in [-0.2, 0) is 19.3 Å². The molecule has 1 aliphatic heterocycles. The Balaban J connectivity index is 1.62. The van der Waals surface area contributed by atoms with Gasteiger partial charge in [-0.25, -0.2) is 5.01 Å². The van der Waals surface area contributed by atoms with E-state index in [0.29, 0.717) is 23.0 Å². The van der Waals surface area contributed by atoms with Crippen molar-refractivity contribution in [2.24, 2.45) is 0 Å². The van der Waals surface area contributed by atoms with Crippen molar-refractivity contribution in [3.63, 3.8) is 0 Å². The molecule has 6 nitrogen and oxygen atoms in total. The van der Waals surface area contributed by atoms with Crippen LogP contribution >= 0.6 is 11.6 Å². The Morgan fingerprint density at radius 2 is 2.06 bits per heavy atom. The molecule has 1 aliphatic rings. The van der Waals surface area contributed by atoms with Gasteiger partial charge in [-0.2, -0.15) is 23.4 Å². The first-order valence-electron chi connectivity index (χ1n) is 9.56. The summed E-state index contributed by atoms with van der Waals surface area (Å²) < 4.78 is 44.2. The molecule has 0 saturated heterocycles. The normalized spacial score (nSPS) is 14.0. The lowest BCUT2D eigenvalue weighted by Crippen LogP contribution is -2.37. The van der Waals surface area contributed by atoms with Gasteiger partial charge in [0.15, 0.2) is 5.82 Å². The zero-order valence-corrected chi connectivity index (χ0v) is 17.2. The number of fused-ring (bicyclic) bond motifs is 1. The molecule has 0 unspecified atom stereocenters. The molecular formula is C21H17ClF3N5O. The minimum atomic E-state index is -4.46. The highest BCUT2D eigenvalue weighted by atomic mass is 35.5. The van der Waals surface area contributed by atoms with Gasteiger partial charge in [-0.15, -0.1) is 0 Å². The van der Waals surface area contributed by atoms with Crippen molar-refractivity contribution in [3.8, 4) is 17.5 Å². The molecule has 0 saturated carbocycles. The van der Waals surface area contributed by atoms with Gasteiger partial charge in [0, 0.05) is 24.2 Å². The highest BCUT2D eigenvalue weighted by molar-refractivity contribution is 6.33. The Bertz CT molecular complexity index is 1150. The molecule has 0 spiro atoms. The number of anilines is 1. The van der Waals surface area contributed by atoms with Crippen LogP contribution in [-0.4, -0.2) is 21.7 Å². The van der Waals surface area contributed by atoms with Crippen molar-refractivity contribution >= 4 is 17.3 Å². The van der Waals surface area contributed by atoms with Gasteiger partial charge in [0.25, 0.3) is 5.89 Å². The van der Waals surface area contributed by atoms with Gasteiger partial charge in [-0.3, -0.25) is 5.01 Å². The average molecular weight is 448 g/mol. The van der Waals surface area contributed by atoms with Gasteiger partial charge in [0.2, 0.25) is 0 Å². The summed E-state index contributed by atoms with van der Waals surface area (Å²) in [6, 6.07) is 10.3. The molecule has 0 atom stereocenters. The monoisotopic (exact) mass is 447 g/mol. The van der Waals surface area contributed by atoms with E-state index in [2.05, 4.69) is 21.2 Å². The number of aromatic nitrogens is 2. The second-order valence-corrected chi connectivity index (χ2v) is 7.45. The number of benzene rings is 2. The Morgan fingerprint density at radius 1 is 1.26 bits per heavy atom. The summed E-state index contributed by atoms with van der Waals surface area (Å²) in [6.45, 7) is 3.57. The van der Waals surface area contributed by atoms with Gasteiger partial charge in [0.1, 0.15) is 6.07 Å². The maximum Gasteiger partial charge on any atom is 0.416 e. The second-order valence-electron chi connectivity index (χ2n) is 7.08. The lowest BCUT2D eigenvalue weighted by Gasteiger charge is -2.28. The Kier molecular flexibility index (Phi) is 5.60. The number of rotatable bonds is 5. The molecule has 2 aromatic carbocycles. The van der Waals surface area contributed by atoms with E-state index < -0.39 is 11.7 Å². The van der Waals surface area contributed by atoms with Crippen LogP contribution in [0.25, 0.3) is 11.5 Å². The van der Waals surface area contributed by atoms with Crippen LogP contribution in [0.5, 0.6) is 0 Å². The first-order chi connectivity index (χ1) is 14.8. The van der Waals surface area contributed by atoms with Crippen LogP contribution in [0, 0.1) is 11.3 Å². The predicted molar refractivity (Wildman–Crippen MR) is 108 cm³/mol. The van der Waals surface area contributed by atoms with Crippen LogP contribution in [0.2, 0.25) is 5.02 Å². The third-order valence-corrected chi connectivity index (χ3v) is 5.41. The lowest BCUT2D eigenvalue weighted by atomic mass is 10.1. The molecule has 3 aromatic rings. The molecule has 0 N–H and O–H groups in total. The summed E-state index contributed by atoms with van der Waals surface area (Å²) in [5.41, 5.74) is 1.50. The van der Waals surface area contributed by atoms with E-state index in [9.17, 15) is 18.4 Å². The molecule has 10 heteroatoms. The molecular weight excluding hydrogens is 431 g/mol. The van der Waals surface area contributed by atoms with Crippen molar-refractivity contribution in [1.29, 1.82) is 5.26 Å². The fourth-order valence-corrected chi connectivity index (χ4v) is 3.81. The summed E-state index contributed by atoms with van der Waals surface area (Å²) in [6.07, 6.45) is -3.57. The van der Waals surface area contributed by atoms with Crippen LogP contribution in [0.4, 0.5) is 18.9 Å². The number of nitrogens with zero attached hydrogens (tertiary/aromatic N) is 5. The minimum absolute atomic E-state index is 0.0143. The molecule has 31 heavy (non-hydrogen) atoms. The topological polar surface area (TPSA) is 69.2 Å². The molecule has 0 bridgehead atoms. The SMILES string of the molecule is CCCN1Cc2c(ccc(C#N)c2Cl)N1Cc1noc(-c2cccc(C(F)(F)F)c2)n1. The van der Waals surface area contributed by atoms with Crippen molar-refractivity contribution in [3.05, 3.63) is 63.9 Å². The van der Waals surface area contributed by atoms with Crippen LogP contribution in [0.15, 0.2) is 40.9 Å². The van der Waals surface area contributed by atoms with Crippen LogP contribution < -0.4 is 5.01 Å². The second kappa shape index (κ2) is 8.21. The summed E-state index contributed by atoms with van der Waals surface area (Å²) in [7, 11) is 0. The lowest BCUT2D eigenvalue weighted by molar-refractivity contribution is -0.137. The highest BCUT2D eigenvalue weighted by Gasteiger charge is 2.32. The van der Waals surface area contributed by atoms with Crippen LogP contribution in [0.3, 0.4) is 0 Å². The molecule has 2 heterocycles. The Morgan fingerprint density at radius 3 is 2.77 bits per heavy atom. The molecule has 0 radical (unpaired) electrons. The van der Waals surface area contributed by atoms with E-state index in [1.54, 1.807) is 6.07 Å². The standard InChI is InChI=1S/C21H17ClF3N5O/c1-2-8-29-11-16-17(7-6-14(10-26)19(16)22)30(29)12-18-27-20(31-28-18)13-4-3-5-15(9-13)21(23,24)25/h3-7,9H,2,8,11-12H2,1H3. The Hall–Kier alpha value is -3.09. The van der Waals surface area contributed by atoms with Gasteiger partial charge >= 0.3 is 6.18 Å². The average Bonchev–Trinajstić information content (AvgIpc) is 3.34. The maximum absolute atomic E-state index is 13.0. The number of hydrogen-bond donors (Lipinski definition) is 0. The summed E-state index contributed by atoms with van der Waals surface area (Å²) in [5, 5.41) is 17.6. The third kappa shape index (κ3) is 4.09. The molecule has 0 fully saturated rings. The molecule has 0 aliphatic carbocycles. The van der Waals surface area contributed by atoms with Crippen molar-refractivity contribution in [2.45, 2.75) is 32.6 Å². The van der Waals surface area contributed by atoms with E-state index >= 15 is 0 Å². The first kappa shape index (κ1) is 21.2. The fraction of sp³-hybridized carbons (Fsp3) is 0.286. The van der Waals surface area contributed by atoms with E-state index in [0.717, 1.165) is 36.3 Å². The van der Waals surface area contributed by atoms with Crippen molar-refractivity contribution in [1.82, 2.24) is 15.1 Å². The largest absolute Gasteiger partial charge is 0.416 e. The number of nitriles is 1. The maximum atomic E-state index is 13.0. The zero-order chi connectivity index (χ0) is 22.2. The van der Waals surface area contributed by atoms with Gasteiger partial charge < -0.3 is 4.52 Å². The molecule has 0 amide bonds. The first-order valence-corrected chi connectivity index (χ1v) is 9.93. The molecule has 1 aromatic heterocycles. The number of hydrazine groups is 1. The summed E-state index contributed by atoms with van der Waals surface area (Å²) in [4.78, 5) is 4.29. The van der Waals surface area contributed by atoms with Gasteiger partial charge in [-0.05, 0) is 36.8 Å². The molecule has 160 valence electrons. The Labute approximate surface area is 181 Å². The van der Waals surface area contributed by atoms with Crippen LogP contribution in [0.1, 0.15) is 35.9 Å². The summed E-state index contributed by atoms with van der Waals surface area (Å²) in [5.74, 6) is 0.335. The van der Waals surface area contributed by atoms with Crippen molar-refractivity contribution < 1.29 is 17.7 Å². The van der Waals surface area contributed by atoms with E-state index in [1.165, 1.54) is 12.1 Å². The smallest absolute Gasteiger partial charge is 0.334 e. The van der Waals surface area contributed by atoms with Gasteiger partial charge in [0.05, 0.1) is 28.4 Å².